The highest BCUT2D eigenvalue weighted by Gasteiger charge is 2.33. The number of hydrogen-bond donors (Lipinski definition) is 3. The van der Waals surface area contributed by atoms with Gasteiger partial charge in [0.1, 0.15) is 4.90 Å². The number of aromatic amines is 1. The van der Waals surface area contributed by atoms with Crippen molar-refractivity contribution in [3.8, 4) is 0 Å². The van der Waals surface area contributed by atoms with Gasteiger partial charge in [-0.3, -0.25) is 4.57 Å². The smallest absolute Gasteiger partial charge is 0.423 e. The monoisotopic (exact) mass is 455 g/mol. The molecule has 12 heteroatoms. The predicted molar refractivity (Wildman–Crippen MR) is 123 cm³/mol. The quantitative estimate of drug-likeness (QED) is 0.289. The van der Waals surface area contributed by atoms with E-state index in [1.54, 1.807) is 22.9 Å². The highest BCUT2D eigenvalue weighted by molar-refractivity contribution is 7.90. The van der Waals surface area contributed by atoms with Crippen LogP contribution in [0.3, 0.4) is 0 Å². The van der Waals surface area contributed by atoms with E-state index in [-0.39, 0.29) is 27.9 Å². The van der Waals surface area contributed by atoms with Gasteiger partial charge in [0.25, 0.3) is 10.0 Å². The topological polar surface area (TPSA) is 140 Å². The molecule has 3 N–H and O–H groups in total. The fourth-order valence-corrected chi connectivity index (χ4v) is 4.89. The minimum atomic E-state index is -3.98. The molecular formula is C20H22BN5O5S. The average molecular weight is 455 g/mol. The third-order valence-corrected chi connectivity index (χ3v) is 6.48. The Kier molecular flexibility index (Phi) is 5.53. The van der Waals surface area contributed by atoms with Crippen LogP contribution in [0.15, 0.2) is 55.6 Å². The van der Waals surface area contributed by atoms with Crippen molar-refractivity contribution in [2.75, 3.05) is 6.54 Å². The lowest BCUT2D eigenvalue weighted by molar-refractivity contribution is 0.425. The molecule has 0 saturated carbocycles. The molecule has 1 aromatic heterocycles. The Morgan fingerprint density at radius 1 is 1.25 bits per heavy atom. The van der Waals surface area contributed by atoms with Crippen LogP contribution >= 0.6 is 0 Å². The highest BCUT2D eigenvalue weighted by atomic mass is 32.2. The Labute approximate surface area is 184 Å². The van der Waals surface area contributed by atoms with Crippen molar-refractivity contribution in [3.05, 3.63) is 58.0 Å². The van der Waals surface area contributed by atoms with Gasteiger partial charge in [-0.2, -0.15) is 13.5 Å². The summed E-state index contributed by atoms with van der Waals surface area (Å²) in [7, 11) is -5.77. The third-order valence-electron chi connectivity index (χ3n) is 5.18. The van der Waals surface area contributed by atoms with E-state index in [9.17, 15) is 23.3 Å². The Balaban J connectivity index is 1.71. The molecule has 0 spiro atoms. The van der Waals surface area contributed by atoms with Gasteiger partial charge in [0, 0.05) is 18.2 Å². The minimum Gasteiger partial charge on any atom is -0.423 e. The SMILES string of the molecule is CCN(/N=C/c1ccc2[nH]c(=O)n(C(C)C)c2c1)C1=NS(=O)(=O)c2cc(B(O)O)ccc21. The molecule has 166 valence electrons. The summed E-state index contributed by atoms with van der Waals surface area (Å²) in [6.07, 6.45) is 1.57. The van der Waals surface area contributed by atoms with Gasteiger partial charge in [0.2, 0.25) is 0 Å². The summed E-state index contributed by atoms with van der Waals surface area (Å²) in [5.41, 5.74) is 2.40. The summed E-state index contributed by atoms with van der Waals surface area (Å²) >= 11 is 0. The number of hydrazone groups is 1. The lowest BCUT2D eigenvalue weighted by atomic mass is 9.80. The standard InChI is InChI=1S/C20H22BN5O5S/c1-4-25(19-15-7-6-14(21(28)29)10-18(15)32(30,31)24-19)22-11-13-5-8-16-17(9-13)26(12(2)3)20(27)23-16/h5-12,28-29H,4H2,1-3H3,(H,23,27)/b22-11+. The second-order valence-corrected chi connectivity index (χ2v) is 9.22. The molecule has 0 atom stereocenters. The van der Waals surface area contributed by atoms with Crippen LogP contribution in [0.2, 0.25) is 0 Å². The largest absolute Gasteiger partial charge is 0.488 e. The third kappa shape index (κ3) is 3.76. The van der Waals surface area contributed by atoms with E-state index >= 15 is 0 Å². The van der Waals surface area contributed by atoms with Crippen molar-refractivity contribution in [2.24, 2.45) is 9.50 Å². The van der Waals surface area contributed by atoms with Crippen molar-refractivity contribution in [2.45, 2.75) is 31.7 Å². The van der Waals surface area contributed by atoms with Crippen LogP contribution in [0.5, 0.6) is 0 Å². The molecule has 0 unspecified atom stereocenters. The number of rotatable bonds is 5. The molecule has 2 heterocycles. The number of sulfonamides is 1. The van der Waals surface area contributed by atoms with Crippen molar-refractivity contribution >= 4 is 45.7 Å². The van der Waals surface area contributed by atoms with E-state index in [1.807, 2.05) is 26.8 Å². The Hall–Kier alpha value is -3.22. The first kappa shape index (κ1) is 22.0. The normalized spacial score (nSPS) is 14.9. The second kappa shape index (κ2) is 8.04. The van der Waals surface area contributed by atoms with Crippen molar-refractivity contribution in [1.82, 2.24) is 14.6 Å². The molecule has 0 radical (unpaired) electrons. The van der Waals surface area contributed by atoms with E-state index in [1.165, 1.54) is 23.2 Å². The maximum absolute atomic E-state index is 12.5. The molecule has 4 rings (SSSR count). The summed E-state index contributed by atoms with van der Waals surface area (Å²) in [6.45, 7) is 6.00. The van der Waals surface area contributed by atoms with Crippen molar-refractivity contribution in [1.29, 1.82) is 0 Å². The van der Waals surface area contributed by atoms with Gasteiger partial charge in [-0.25, -0.2) is 9.80 Å². The van der Waals surface area contributed by atoms with Gasteiger partial charge in [0.05, 0.1) is 17.2 Å². The predicted octanol–water partition coefficient (Wildman–Crippen LogP) is 0.395. The number of hydrogen-bond acceptors (Lipinski definition) is 7. The van der Waals surface area contributed by atoms with Gasteiger partial charge in [-0.15, -0.1) is 4.40 Å². The molecule has 0 amide bonds. The molecule has 2 aromatic carbocycles. The molecule has 1 aliphatic heterocycles. The number of nitrogens with one attached hydrogen (secondary N) is 1. The summed E-state index contributed by atoms with van der Waals surface area (Å²) < 4.78 is 30.5. The second-order valence-electron chi connectivity index (χ2n) is 7.65. The van der Waals surface area contributed by atoms with Crippen LogP contribution in [0.25, 0.3) is 11.0 Å². The number of nitrogens with zero attached hydrogens (tertiary/aromatic N) is 4. The number of fused-ring (bicyclic) bond motifs is 2. The molecule has 32 heavy (non-hydrogen) atoms. The first-order valence-electron chi connectivity index (χ1n) is 10.0. The first-order valence-corrected chi connectivity index (χ1v) is 11.5. The molecule has 10 nitrogen and oxygen atoms in total. The maximum Gasteiger partial charge on any atom is 0.488 e. The van der Waals surface area contributed by atoms with Gasteiger partial charge >= 0.3 is 12.8 Å². The van der Waals surface area contributed by atoms with E-state index < -0.39 is 17.1 Å². The molecular weight excluding hydrogens is 433 g/mol. The van der Waals surface area contributed by atoms with Gasteiger partial charge < -0.3 is 15.0 Å². The fourth-order valence-electron chi connectivity index (χ4n) is 3.65. The number of amidine groups is 1. The van der Waals surface area contributed by atoms with Crippen LogP contribution in [-0.4, -0.2) is 58.7 Å². The fraction of sp³-hybridized carbons (Fsp3) is 0.250. The zero-order chi connectivity index (χ0) is 23.2. The zero-order valence-corrected chi connectivity index (χ0v) is 18.5. The Bertz CT molecular complexity index is 1420. The lowest BCUT2D eigenvalue weighted by Crippen LogP contribution is -2.31. The van der Waals surface area contributed by atoms with Gasteiger partial charge in [0.15, 0.2) is 5.84 Å². The Morgan fingerprint density at radius 3 is 2.66 bits per heavy atom. The summed E-state index contributed by atoms with van der Waals surface area (Å²) in [5, 5.41) is 24.6. The van der Waals surface area contributed by atoms with Crippen molar-refractivity contribution in [3.63, 3.8) is 0 Å². The molecule has 0 fully saturated rings. The van der Waals surface area contributed by atoms with E-state index in [0.29, 0.717) is 12.1 Å². The average Bonchev–Trinajstić information content (AvgIpc) is 3.20. The maximum atomic E-state index is 12.5. The van der Waals surface area contributed by atoms with Gasteiger partial charge in [-0.05, 0) is 50.0 Å². The summed E-state index contributed by atoms with van der Waals surface area (Å²) in [6, 6.07) is 9.53. The van der Waals surface area contributed by atoms with Crippen molar-refractivity contribution < 1.29 is 18.5 Å². The summed E-state index contributed by atoms with van der Waals surface area (Å²) in [5.74, 6) is 0.152. The first-order chi connectivity index (χ1) is 15.1. The summed E-state index contributed by atoms with van der Waals surface area (Å²) in [4.78, 5) is 14.9. The van der Waals surface area contributed by atoms with Crippen LogP contribution < -0.4 is 11.2 Å². The van der Waals surface area contributed by atoms with Crippen LogP contribution in [0.4, 0.5) is 0 Å². The highest BCUT2D eigenvalue weighted by Crippen LogP contribution is 2.27. The van der Waals surface area contributed by atoms with Crippen LogP contribution in [-0.2, 0) is 10.0 Å². The molecule has 1 aliphatic rings. The van der Waals surface area contributed by atoms with Crippen LogP contribution in [0, 0.1) is 0 Å². The number of H-pyrrole nitrogens is 1. The number of imidazole rings is 1. The van der Waals surface area contributed by atoms with E-state index in [4.69, 9.17) is 0 Å². The Morgan fingerprint density at radius 2 is 2.00 bits per heavy atom. The molecule has 0 saturated heterocycles. The van der Waals surface area contributed by atoms with Crippen LogP contribution in [0.1, 0.15) is 37.9 Å². The van der Waals surface area contributed by atoms with E-state index in [2.05, 4.69) is 14.5 Å². The number of aromatic nitrogens is 2. The molecule has 3 aromatic rings. The zero-order valence-electron chi connectivity index (χ0n) is 17.7. The molecule has 0 aliphatic carbocycles. The minimum absolute atomic E-state index is 0.0209. The number of benzene rings is 2. The van der Waals surface area contributed by atoms with E-state index in [0.717, 1.165) is 16.6 Å². The van der Waals surface area contributed by atoms with Gasteiger partial charge in [-0.1, -0.05) is 18.2 Å². The molecule has 0 bridgehead atoms. The lowest BCUT2D eigenvalue weighted by Gasteiger charge is -2.16.